The SMILES string of the molecule is CCC(C)[C@H](NC(=O)[C@@H](Cc1ccccc1)n1c(=O)[nH]c2ccccc2c1=O)C(=O)O. The van der Waals surface area contributed by atoms with Gasteiger partial charge in [0.2, 0.25) is 5.91 Å². The van der Waals surface area contributed by atoms with Gasteiger partial charge in [0.05, 0.1) is 10.9 Å². The van der Waals surface area contributed by atoms with Crippen molar-refractivity contribution < 1.29 is 14.7 Å². The highest BCUT2D eigenvalue weighted by molar-refractivity contribution is 5.86. The molecule has 0 aliphatic carbocycles. The van der Waals surface area contributed by atoms with E-state index in [0.29, 0.717) is 11.9 Å². The maximum Gasteiger partial charge on any atom is 0.329 e. The van der Waals surface area contributed by atoms with E-state index in [9.17, 15) is 24.3 Å². The molecule has 3 N–H and O–H groups in total. The molecule has 162 valence electrons. The van der Waals surface area contributed by atoms with E-state index in [1.54, 1.807) is 55.5 Å². The van der Waals surface area contributed by atoms with Crippen molar-refractivity contribution in [3.8, 4) is 0 Å². The van der Waals surface area contributed by atoms with Gasteiger partial charge < -0.3 is 15.4 Å². The number of carbonyl (C=O) groups excluding carboxylic acids is 1. The van der Waals surface area contributed by atoms with E-state index in [1.165, 1.54) is 0 Å². The van der Waals surface area contributed by atoms with Crippen LogP contribution in [0.1, 0.15) is 31.9 Å². The molecular formula is C23H25N3O5. The molecule has 0 fully saturated rings. The van der Waals surface area contributed by atoms with E-state index in [4.69, 9.17) is 0 Å². The number of hydrogen-bond acceptors (Lipinski definition) is 4. The minimum absolute atomic E-state index is 0.0564. The highest BCUT2D eigenvalue weighted by Gasteiger charge is 2.31. The van der Waals surface area contributed by atoms with Gasteiger partial charge in [0.15, 0.2) is 0 Å². The molecule has 3 rings (SSSR count). The molecule has 3 atom stereocenters. The van der Waals surface area contributed by atoms with Crippen LogP contribution in [0.15, 0.2) is 64.2 Å². The fraction of sp³-hybridized carbons (Fsp3) is 0.304. The Hall–Kier alpha value is -3.68. The second-order valence-corrected chi connectivity index (χ2v) is 7.57. The number of carboxylic acid groups (broad SMARTS) is 1. The number of aliphatic carboxylic acids is 1. The van der Waals surface area contributed by atoms with E-state index in [0.717, 1.165) is 10.1 Å². The first kappa shape index (κ1) is 22.0. The molecule has 0 bridgehead atoms. The van der Waals surface area contributed by atoms with Crippen molar-refractivity contribution in [3.05, 3.63) is 81.0 Å². The number of aromatic nitrogens is 2. The van der Waals surface area contributed by atoms with Crippen molar-refractivity contribution in [1.29, 1.82) is 0 Å². The zero-order chi connectivity index (χ0) is 22.5. The topological polar surface area (TPSA) is 121 Å². The molecule has 1 aromatic heterocycles. The van der Waals surface area contributed by atoms with Gasteiger partial charge in [-0.1, -0.05) is 62.7 Å². The van der Waals surface area contributed by atoms with E-state index < -0.39 is 35.2 Å². The second kappa shape index (κ2) is 9.42. The maximum absolute atomic E-state index is 13.2. The number of carboxylic acids is 1. The molecule has 31 heavy (non-hydrogen) atoms. The summed E-state index contributed by atoms with van der Waals surface area (Å²) < 4.78 is 0.875. The van der Waals surface area contributed by atoms with Gasteiger partial charge in [0.1, 0.15) is 12.1 Å². The van der Waals surface area contributed by atoms with Gasteiger partial charge >= 0.3 is 11.7 Å². The summed E-state index contributed by atoms with van der Waals surface area (Å²) in [7, 11) is 0. The molecule has 3 aromatic rings. The number of aromatic amines is 1. The molecule has 0 radical (unpaired) electrons. The molecule has 1 amide bonds. The Morgan fingerprint density at radius 1 is 1.06 bits per heavy atom. The Labute approximate surface area is 178 Å². The van der Waals surface area contributed by atoms with Crippen molar-refractivity contribution in [2.45, 2.75) is 38.8 Å². The molecule has 8 heteroatoms. The summed E-state index contributed by atoms with van der Waals surface area (Å²) in [6, 6.07) is 13.2. The summed E-state index contributed by atoms with van der Waals surface area (Å²) in [4.78, 5) is 53.5. The number of benzene rings is 2. The number of amides is 1. The summed E-state index contributed by atoms with van der Waals surface area (Å²) in [6.45, 7) is 3.55. The number of H-pyrrole nitrogens is 1. The fourth-order valence-electron chi connectivity index (χ4n) is 3.53. The van der Waals surface area contributed by atoms with Gasteiger partial charge in [-0.05, 0) is 23.6 Å². The summed E-state index contributed by atoms with van der Waals surface area (Å²) >= 11 is 0. The van der Waals surface area contributed by atoms with E-state index in [-0.39, 0.29) is 17.7 Å². The van der Waals surface area contributed by atoms with Crippen LogP contribution in [0.2, 0.25) is 0 Å². The molecule has 0 spiro atoms. The van der Waals surface area contributed by atoms with Crippen molar-refractivity contribution in [3.63, 3.8) is 0 Å². The first-order chi connectivity index (χ1) is 14.8. The smallest absolute Gasteiger partial charge is 0.329 e. The van der Waals surface area contributed by atoms with Crippen LogP contribution in [0.25, 0.3) is 10.9 Å². The van der Waals surface area contributed by atoms with E-state index >= 15 is 0 Å². The Morgan fingerprint density at radius 3 is 2.35 bits per heavy atom. The van der Waals surface area contributed by atoms with Gasteiger partial charge in [-0.15, -0.1) is 0 Å². The number of nitrogens with one attached hydrogen (secondary N) is 2. The predicted octanol–water partition coefficient (Wildman–Crippen LogP) is 2.09. The molecule has 0 aliphatic heterocycles. The third-order valence-electron chi connectivity index (χ3n) is 5.50. The Balaban J connectivity index is 2.10. The fourth-order valence-corrected chi connectivity index (χ4v) is 3.53. The van der Waals surface area contributed by atoms with E-state index in [2.05, 4.69) is 10.3 Å². The highest BCUT2D eigenvalue weighted by Crippen LogP contribution is 2.16. The number of fused-ring (bicyclic) bond motifs is 1. The van der Waals surface area contributed by atoms with Crippen LogP contribution >= 0.6 is 0 Å². The Kier molecular flexibility index (Phi) is 6.69. The first-order valence-corrected chi connectivity index (χ1v) is 10.1. The molecular weight excluding hydrogens is 398 g/mol. The minimum atomic E-state index is -1.21. The average molecular weight is 423 g/mol. The number of rotatable bonds is 8. The monoisotopic (exact) mass is 423 g/mol. The van der Waals surface area contributed by atoms with Crippen molar-refractivity contribution >= 4 is 22.8 Å². The van der Waals surface area contributed by atoms with Crippen LogP contribution in [0.3, 0.4) is 0 Å². The average Bonchev–Trinajstić information content (AvgIpc) is 2.76. The summed E-state index contributed by atoms with van der Waals surface area (Å²) in [5.41, 5.74) is -0.228. The first-order valence-electron chi connectivity index (χ1n) is 10.1. The lowest BCUT2D eigenvalue weighted by Crippen LogP contribution is -2.51. The van der Waals surface area contributed by atoms with Crippen molar-refractivity contribution in [2.75, 3.05) is 0 Å². The van der Waals surface area contributed by atoms with Crippen LogP contribution in [-0.4, -0.2) is 32.6 Å². The molecule has 8 nitrogen and oxygen atoms in total. The largest absolute Gasteiger partial charge is 0.480 e. The van der Waals surface area contributed by atoms with Crippen LogP contribution in [0, 0.1) is 5.92 Å². The summed E-state index contributed by atoms with van der Waals surface area (Å²) in [6.07, 6.45) is 0.595. The Morgan fingerprint density at radius 2 is 1.71 bits per heavy atom. The van der Waals surface area contributed by atoms with Gasteiger partial charge in [-0.3, -0.25) is 9.59 Å². The van der Waals surface area contributed by atoms with Gasteiger partial charge in [0, 0.05) is 6.42 Å². The molecule has 1 unspecified atom stereocenters. The van der Waals surface area contributed by atoms with Crippen molar-refractivity contribution in [2.24, 2.45) is 5.92 Å². The second-order valence-electron chi connectivity index (χ2n) is 7.57. The third kappa shape index (κ3) is 4.74. The molecule has 2 aromatic carbocycles. The zero-order valence-corrected chi connectivity index (χ0v) is 17.4. The quantitative estimate of drug-likeness (QED) is 0.512. The highest BCUT2D eigenvalue weighted by atomic mass is 16.4. The Bertz CT molecular complexity index is 1200. The lowest BCUT2D eigenvalue weighted by atomic mass is 9.98. The lowest BCUT2D eigenvalue weighted by molar-refractivity contribution is -0.143. The zero-order valence-electron chi connectivity index (χ0n) is 17.4. The van der Waals surface area contributed by atoms with Crippen LogP contribution < -0.4 is 16.6 Å². The van der Waals surface area contributed by atoms with Gasteiger partial charge in [-0.25, -0.2) is 14.2 Å². The van der Waals surface area contributed by atoms with Crippen LogP contribution in [-0.2, 0) is 16.0 Å². The number of para-hydroxylation sites is 1. The normalized spacial score (nSPS) is 14.0. The third-order valence-corrected chi connectivity index (χ3v) is 5.50. The van der Waals surface area contributed by atoms with Crippen molar-refractivity contribution in [1.82, 2.24) is 14.9 Å². The molecule has 0 saturated heterocycles. The van der Waals surface area contributed by atoms with Crippen LogP contribution in [0.4, 0.5) is 0 Å². The summed E-state index contributed by atoms with van der Waals surface area (Å²) in [5.74, 6) is -2.19. The standard InChI is InChI=1S/C23H25N3O5/c1-3-14(2)19(22(29)30)25-20(27)18(13-15-9-5-4-6-10-15)26-21(28)16-11-7-8-12-17(16)24-23(26)31/h4-12,14,18-19H,3,13H2,1-2H3,(H,24,31)(H,25,27)(H,29,30)/t14?,18-,19+/m1/s1. The lowest BCUT2D eigenvalue weighted by Gasteiger charge is -2.24. The molecule has 0 aliphatic rings. The van der Waals surface area contributed by atoms with Gasteiger partial charge in [-0.2, -0.15) is 0 Å². The summed E-state index contributed by atoms with van der Waals surface area (Å²) in [5, 5.41) is 12.4. The van der Waals surface area contributed by atoms with Gasteiger partial charge in [0.25, 0.3) is 5.56 Å². The minimum Gasteiger partial charge on any atom is -0.480 e. The predicted molar refractivity (Wildman–Crippen MR) is 117 cm³/mol. The number of carbonyl (C=O) groups is 2. The molecule has 0 saturated carbocycles. The molecule has 1 heterocycles. The number of hydrogen-bond donors (Lipinski definition) is 3. The van der Waals surface area contributed by atoms with E-state index in [1.807, 2.05) is 13.0 Å². The number of nitrogens with zero attached hydrogens (tertiary/aromatic N) is 1. The maximum atomic E-state index is 13.2. The van der Waals surface area contributed by atoms with Crippen LogP contribution in [0.5, 0.6) is 0 Å².